The molecule has 1 fully saturated rings. The number of hydrogen-bond donors (Lipinski definition) is 4. The predicted molar refractivity (Wildman–Crippen MR) is 80.9 cm³/mol. The Morgan fingerprint density at radius 3 is 2.45 bits per heavy atom. The van der Waals surface area contributed by atoms with Crippen molar-refractivity contribution in [2.45, 2.75) is 25.4 Å². The van der Waals surface area contributed by atoms with Gasteiger partial charge in [-0.15, -0.1) is 0 Å². The van der Waals surface area contributed by atoms with E-state index >= 15 is 0 Å². The Hall–Kier alpha value is -2.41. The van der Waals surface area contributed by atoms with E-state index in [0.717, 1.165) is 5.56 Å². The minimum atomic E-state index is -1.05. The SMILES string of the molecule is CNCCC(=O)NCc1ccc(C2(C)NC(=O)NC2=O)cc1. The average molecular weight is 304 g/mol. The molecular formula is C15H20N4O3. The van der Waals surface area contributed by atoms with Gasteiger partial charge < -0.3 is 16.0 Å². The number of hydrogen-bond acceptors (Lipinski definition) is 4. The highest BCUT2D eigenvalue weighted by Crippen LogP contribution is 2.24. The van der Waals surface area contributed by atoms with Crippen LogP contribution in [0, 0.1) is 0 Å². The maximum atomic E-state index is 11.8. The lowest BCUT2D eigenvalue weighted by Gasteiger charge is -2.21. The van der Waals surface area contributed by atoms with Crippen LogP contribution in [0.4, 0.5) is 4.79 Å². The summed E-state index contributed by atoms with van der Waals surface area (Å²) in [5.41, 5.74) is 0.571. The minimum absolute atomic E-state index is 0.0205. The van der Waals surface area contributed by atoms with Gasteiger partial charge >= 0.3 is 6.03 Å². The van der Waals surface area contributed by atoms with Gasteiger partial charge in [0.2, 0.25) is 5.91 Å². The molecule has 1 heterocycles. The Labute approximate surface area is 128 Å². The molecule has 2 rings (SSSR count). The Balaban J connectivity index is 1.97. The first kappa shape index (κ1) is 16.0. The molecule has 1 unspecified atom stereocenters. The van der Waals surface area contributed by atoms with E-state index in [1.807, 2.05) is 12.1 Å². The van der Waals surface area contributed by atoms with E-state index in [1.165, 1.54) is 0 Å². The van der Waals surface area contributed by atoms with Crippen molar-refractivity contribution in [3.63, 3.8) is 0 Å². The highest BCUT2D eigenvalue weighted by molar-refractivity contribution is 6.07. The van der Waals surface area contributed by atoms with Gasteiger partial charge in [0.25, 0.3) is 5.91 Å². The largest absolute Gasteiger partial charge is 0.352 e. The van der Waals surface area contributed by atoms with Crippen molar-refractivity contribution in [3.8, 4) is 0 Å². The molecule has 0 bridgehead atoms. The highest BCUT2D eigenvalue weighted by atomic mass is 16.2. The third kappa shape index (κ3) is 3.43. The summed E-state index contributed by atoms with van der Waals surface area (Å²) in [4.78, 5) is 34.7. The van der Waals surface area contributed by atoms with Crippen LogP contribution in [0.3, 0.4) is 0 Å². The fourth-order valence-electron chi connectivity index (χ4n) is 2.23. The van der Waals surface area contributed by atoms with Crippen LogP contribution in [-0.2, 0) is 21.7 Å². The zero-order chi connectivity index (χ0) is 16.2. The van der Waals surface area contributed by atoms with Crippen molar-refractivity contribution in [3.05, 3.63) is 35.4 Å². The van der Waals surface area contributed by atoms with Crippen molar-refractivity contribution >= 4 is 17.8 Å². The molecule has 0 aromatic heterocycles. The van der Waals surface area contributed by atoms with Crippen molar-refractivity contribution in [1.82, 2.24) is 21.3 Å². The number of amides is 4. The molecule has 1 aliphatic heterocycles. The first-order valence-corrected chi connectivity index (χ1v) is 7.10. The lowest BCUT2D eigenvalue weighted by Crippen LogP contribution is -2.40. The summed E-state index contributed by atoms with van der Waals surface area (Å²) in [6.45, 7) is 2.72. The van der Waals surface area contributed by atoms with Crippen molar-refractivity contribution in [1.29, 1.82) is 0 Å². The zero-order valence-electron chi connectivity index (χ0n) is 12.7. The lowest BCUT2D eigenvalue weighted by atomic mass is 9.91. The smallest absolute Gasteiger partial charge is 0.322 e. The van der Waals surface area contributed by atoms with Crippen LogP contribution < -0.4 is 21.3 Å². The molecule has 0 aliphatic carbocycles. The molecule has 1 aromatic carbocycles. The number of carbonyl (C=O) groups is 3. The van der Waals surface area contributed by atoms with Crippen molar-refractivity contribution in [2.75, 3.05) is 13.6 Å². The average Bonchev–Trinajstić information content (AvgIpc) is 2.77. The van der Waals surface area contributed by atoms with Crippen LogP contribution in [0.5, 0.6) is 0 Å². The van der Waals surface area contributed by atoms with E-state index in [0.29, 0.717) is 25.1 Å². The van der Waals surface area contributed by atoms with Crippen LogP contribution in [-0.4, -0.2) is 31.4 Å². The van der Waals surface area contributed by atoms with E-state index in [-0.39, 0.29) is 11.8 Å². The summed E-state index contributed by atoms with van der Waals surface area (Å²) in [6.07, 6.45) is 0.429. The second-order valence-corrected chi connectivity index (χ2v) is 5.36. The second-order valence-electron chi connectivity index (χ2n) is 5.36. The van der Waals surface area contributed by atoms with E-state index in [9.17, 15) is 14.4 Å². The number of carbonyl (C=O) groups excluding carboxylic acids is 3. The summed E-state index contributed by atoms with van der Waals surface area (Å²) in [5, 5.41) is 10.6. The van der Waals surface area contributed by atoms with Gasteiger partial charge in [0, 0.05) is 19.5 Å². The van der Waals surface area contributed by atoms with Gasteiger partial charge in [-0.3, -0.25) is 14.9 Å². The zero-order valence-corrected chi connectivity index (χ0v) is 12.7. The van der Waals surface area contributed by atoms with Gasteiger partial charge in [-0.1, -0.05) is 24.3 Å². The Kier molecular flexibility index (Phi) is 4.77. The molecule has 1 aromatic rings. The molecule has 0 spiro atoms. The second kappa shape index (κ2) is 6.57. The third-order valence-corrected chi connectivity index (χ3v) is 3.67. The summed E-state index contributed by atoms with van der Waals surface area (Å²) < 4.78 is 0. The van der Waals surface area contributed by atoms with E-state index in [1.54, 1.807) is 26.1 Å². The number of nitrogens with one attached hydrogen (secondary N) is 4. The number of rotatable bonds is 6. The van der Waals surface area contributed by atoms with Gasteiger partial charge in [-0.2, -0.15) is 0 Å². The Bertz CT molecular complexity index is 585. The minimum Gasteiger partial charge on any atom is -0.352 e. The van der Waals surface area contributed by atoms with Gasteiger partial charge in [0.15, 0.2) is 0 Å². The van der Waals surface area contributed by atoms with Crippen LogP contribution in [0.1, 0.15) is 24.5 Å². The number of imide groups is 1. The summed E-state index contributed by atoms with van der Waals surface area (Å²) in [6, 6.07) is 6.72. The highest BCUT2D eigenvalue weighted by Gasteiger charge is 2.43. The quantitative estimate of drug-likeness (QED) is 0.554. The van der Waals surface area contributed by atoms with Crippen LogP contribution in [0.15, 0.2) is 24.3 Å². The van der Waals surface area contributed by atoms with Crippen molar-refractivity contribution in [2.24, 2.45) is 0 Å². The fraction of sp³-hybridized carbons (Fsp3) is 0.400. The van der Waals surface area contributed by atoms with Crippen LogP contribution in [0.2, 0.25) is 0 Å². The van der Waals surface area contributed by atoms with E-state index < -0.39 is 11.6 Å². The molecule has 4 amide bonds. The Morgan fingerprint density at radius 1 is 1.23 bits per heavy atom. The van der Waals surface area contributed by atoms with E-state index in [2.05, 4.69) is 21.3 Å². The molecule has 4 N–H and O–H groups in total. The molecule has 1 saturated heterocycles. The summed E-state index contributed by atoms with van der Waals surface area (Å²) in [7, 11) is 1.80. The van der Waals surface area contributed by atoms with Crippen LogP contribution >= 0.6 is 0 Å². The molecule has 7 heteroatoms. The number of benzene rings is 1. The molecule has 0 radical (unpaired) electrons. The van der Waals surface area contributed by atoms with Gasteiger partial charge in [-0.25, -0.2) is 4.79 Å². The van der Waals surface area contributed by atoms with Gasteiger partial charge in [0.1, 0.15) is 5.54 Å². The van der Waals surface area contributed by atoms with Gasteiger partial charge in [-0.05, 0) is 25.1 Å². The van der Waals surface area contributed by atoms with Crippen LogP contribution in [0.25, 0.3) is 0 Å². The standard InChI is InChI=1S/C15H20N4O3/c1-15(13(21)18-14(22)19-15)11-5-3-10(4-6-11)9-17-12(20)7-8-16-2/h3-6,16H,7-9H2,1-2H3,(H,17,20)(H2,18,19,21,22). The molecule has 7 nitrogen and oxygen atoms in total. The summed E-state index contributed by atoms with van der Waals surface area (Å²) in [5.74, 6) is -0.390. The Morgan fingerprint density at radius 2 is 1.91 bits per heavy atom. The molecule has 118 valence electrons. The maximum Gasteiger partial charge on any atom is 0.322 e. The third-order valence-electron chi connectivity index (χ3n) is 3.67. The molecule has 22 heavy (non-hydrogen) atoms. The maximum absolute atomic E-state index is 11.8. The molecule has 1 aliphatic rings. The normalized spacial score (nSPS) is 20.5. The summed E-state index contributed by atoms with van der Waals surface area (Å²) >= 11 is 0. The number of urea groups is 1. The first-order chi connectivity index (χ1) is 10.5. The molecular weight excluding hydrogens is 284 g/mol. The molecule has 0 saturated carbocycles. The first-order valence-electron chi connectivity index (χ1n) is 7.10. The topological polar surface area (TPSA) is 99.3 Å². The van der Waals surface area contributed by atoms with Crippen molar-refractivity contribution < 1.29 is 14.4 Å². The fourth-order valence-corrected chi connectivity index (χ4v) is 2.23. The molecule has 1 atom stereocenters. The van der Waals surface area contributed by atoms with Gasteiger partial charge in [0.05, 0.1) is 0 Å². The van der Waals surface area contributed by atoms with E-state index in [4.69, 9.17) is 0 Å². The predicted octanol–water partition coefficient (Wildman–Crippen LogP) is -0.0331. The lowest BCUT2D eigenvalue weighted by molar-refractivity contribution is -0.123. The monoisotopic (exact) mass is 304 g/mol.